The molecule has 1 fully saturated rings. The first-order chi connectivity index (χ1) is 16.1. The van der Waals surface area contributed by atoms with Crippen molar-refractivity contribution >= 4 is 29.3 Å². The number of allylic oxidation sites excluding steroid dienone is 6. The zero-order chi connectivity index (χ0) is 23.5. The summed E-state index contributed by atoms with van der Waals surface area (Å²) in [5, 5.41) is 16.8. The molecule has 1 N–H and O–H groups in total. The summed E-state index contributed by atoms with van der Waals surface area (Å²) in [4.78, 5) is 18.4. The highest BCUT2D eigenvalue weighted by atomic mass is 16.3. The van der Waals surface area contributed by atoms with Crippen molar-refractivity contribution in [1.29, 1.82) is 0 Å². The summed E-state index contributed by atoms with van der Waals surface area (Å²) in [7, 11) is 0. The average molecular weight is 438 g/mol. The van der Waals surface area contributed by atoms with E-state index in [0.717, 1.165) is 11.1 Å². The maximum Gasteiger partial charge on any atom is 0.185 e. The van der Waals surface area contributed by atoms with Crippen molar-refractivity contribution in [3.05, 3.63) is 116 Å². The lowest BCUT2D eigenvalue weighted by atomic mass is 9.81. The van der Waals surface area contributed by atoms with E-state index in [-0.39, 0.29) is 18.3 Å². The first-order valence-corrected chi connectivity index (χ1v) is 10.3. The second-order valence-electron chi connectivity index (χ2n) is 7.45. The van der Waals surface area contributed by atoms with Crippen LogP contribution >= 0.6 is 0 Å². The van der Waals surface area contributed by atoms with Crippen LogP contribution in [0.5, 0.6) is 0 Å². The lowest BCUT2D eigenvalue weighted by molar-refractivity contribution is -0.113. The third kappa shape index (κ3) is 6.82. The molecule has 1 aliphatic rings. The molecular formula is C25H22N6O2. The van der Waals surface area contributed by atoms with Gasteiger partial charge in [0.1, 0.15) is 0 Å². The van der Waals surface area contributed by atoms with Crippen LogP contribution in [0.25, 0.3) is 33.0 Å². The fraction of sp³-hybridized carbons (Fsp3) is 0.160. The largest absolute Gasteiger partial charge is 0.396 e. The second-order valence-corrected chi connectivity index (χ2v) is 7.45. The molecule has 8 heteroatoms. The van der Waals surface area contributed by atoms with E-state index in [1.807, 2.05) is 48.6 Å². The molecule has 33 heavy (non-hydrogen) atoms. The van der Waals surface area contributed by atoms with E-state index in [1.165, 1.54) is 0 Å². The van der Waals surface area contributed by atoms with E-state index in [2.05, 4.69) is 20.1 Å². The molecule has 0 radical (unpaired) electrons. The highest BCUT2D eigenvalue weighted by Crippen LogP contribution is 2.30. The van der Waals surface area contributed by atoms with Gasteiger partial charge in [-0.15, -0.1) is 0 Å². The predicted octanol–water partition coefficient (Wildman–Crippen LogP) is 7.12. The Morgan fingerprint density at radius 3 is 1.61 bits per heavy atom. The van der Waals surface area contributed by atoms with Crippen molar-refractivity contribution < 1.29 is 9.90 Å². The molecule has 0 bridgehead atoms. The lowest BCUT2D eigenvalue weighted by Crippen LogP contribution is -2.22. The van der Waals surface area contributed by atoms with Gasteiger partial charge in [0, 0.05) is 39.0 Å². The molecule has 8 nitrogen and oxygen atoms in total. The molecule has 1 aliphatic carbocycles. The van der Waals surface area contributed by atoms with Crippen LogP contribution in [0, 0.1) is 5.92 Å². The van der Waals surface area contributed by atoms with Gasteiger partial charge in [-0.25, -0.2) is 0 Å². The fourth-order valence-corrected chi connectivity index (χ4v) is 3.46. The van der Waals surface area contributed by atoms with Crippen LogP contribution in [0.2, 0.25) is 0 Å². The number of carbonyl (C=O) groups is 1. The van der Waals surface area contributed by atoms with Crippen LogP contribution in [-0.4, -0.2) is 17.5 Å². The van der Waals surface area contributed by atoms with Gasteiger partial charge in [0.15, 0.2) is 5.78 Å². The van der Waals surface area contributed by atoms with Crippen LogP contribution in [0.4, 0.5) is 11.4 Å². The highest BCUT2D eigenvalue weighted by molar-refractivity contribution is 6.09. The van der Waals surface area contributed by atoms with Gasteiger partial charge in [-0.3, -0.25) is 4.79 Å². The summed E-state index contributed by atoms with van der Waals surface area (Å²) < 4.78 is 0. The Balaban J connectivity index is 1.73. The summed E-state index contributed by atoms with van der Waals surface area (Å²) >= 11 is 0. The number of aliphatic hydroxyl groups excluding tert-OH is 1. The number of rotatable bonds is 7. The van der Waals surface area contributed by atoms with Gasteiger partial charge < -0.3 is 5.11 Å². The van der Waals surface area contributed by atoms with Crippen molar-refractivity contribution in [1.82, 2.24) is 0 Å². The Morgan fingerprint density at radius 2 is 1.24 bits per heavy atom. The first kappa shape index (κ1) is 23.3. The van der Waals surface area contributed by atoms with Crippen LogP contribution in [0.1, 0.15) is 24.0 Å². The van der Waals surface area contributed by atoms with Gasteiger partial charge in [-0.2, -0.15) is 0 Å². The Kier molecular flexibility index (Phi) is 8.40. The van der Waals surface area contributed by atoms with Crippen molar-refractivity contribution in [2.24, 2.45) is 16.1 Å². The summed E-state index contributed by atoms with van der Waals surface area (Å²) in [5.74, 6) is -0.0281. The summed E-state index contributed by atoms with van der Waals surface area (Å²) in [6.07, 6.45) is 12.0. The van der Waals surface area contributed by atoms with Gasteiger partial charge >= 0.3 is 0 Å². The minimum Gasteiger partial charge on any atom is -0.396 e. The number of carbonyl (C=O) groups excluding carboxylic acids is 1. The molecule has 0 heterocycles. The van der Waals surface area contributed by atoms with E-state index >= 15 is 0 Å². The van der Waals surface area contributed by atoms with E-state index in [1.54, 1.807) is 36.4 Å². The molecule has 0 atom stereocenters. The third-order valence-electron chi connectivity index (χ3n) is 5.14. The Morgan fingerprint density at radius 1 is 0.818 bits per heavy atom. The van der Waals surface area contributed by atoms with Crippen molar-refractivity contribution in [2.45, 2.75) is 12.8 Å². The number of azide groups is 2. The molecule has 3 rings (SSSR count). The molecule has 0 unspecified atom stereocenters. The smallest absolute Gasteiger partial charge is 0.185 e. The molecule has 164 valence electrons. The van der Waals surface area contributed by atoms with Crippen LogP contribution in [0.3, 0.4) is 0 Å². The quantitative estimate of drug-likeness (QED) is 0.213. The van der Waals surface area contributed by atoms with Gasteiger partial charge in [-0.05, 0) is 40.9 Å². The van der Waals surface area contributed by atoms with E-state index in [0.29, 0.717) is 35.4 Å². The topological polar surface area (TPSA) is 135 Å². The molecule has 1 saturated carbocycles. The Bertz CT molecular complexity index is 1120. The molecule has 2 aromatic carbocycles. The molecule has 2 aromatic rings. The Labute approximate surface area is 191 Å². The molecular weight excluding hydrogens is 416 g/mol. The maximum absolute atomic E-state index is 12.9. The SMILES string of the molecule is [N-]=[N+]=Nc1ccc(C=CC=C2CC(CO)CC(=CC=Cc3ccc(N=[N+]=[N-])cc3)C2=O)cc1. The molecule has 0 aromatic heterocycles. The van der Waals surface area contributed by atoms with Gasteiger partial charge in [0.25, 0.3) is 0 Å². The molecule has 0 aliphatic heterocycles. The van der Waals surface area contributed by atoms with E-state index < -0.39 is 0 Å². The van der Waals surface area contributed by atoms with Gasteiger partial charge in [0.2, 0.25) is 0 Å². The average Bonchev–Trinajstić information content (AvgIpc) is 2.83. The third-order valence-corrected chi connectivity index (χ3v) is 5.14. The van der Waals surface area contributed by atoms with Crippen molar-refractivity contribution in [3.8, 4) is 0 Å². The van der Waals surface area contributed by atoms with Gasteiger partial charge in [-0.1, -0.05) is 95.2 Å². The van der Waals surface area contributed by atoms with Crippen LogP contribution in [0.15, 0.2) is 94.2 Å². The summed E-state index contributed by atoms with van der Waals surface area (Å²) in [5.41, 5.74) is 21.1. The van der Waals surface area contributed by atoms with E-state index in [9.17, 15) is 9.90 Å². The summed E-state index contributed by atoms with van der Waals surface area (Å²) in [6.45, 7) is 0.0110. The van der Waals surface area contributed by atoms with E-state index in [4.69, 9.17) is 11.1 Å². The number of Topliss-reactive ketones (excluding diaryl/α,β-unsaturated/α-hetero) is 1. The normalized spacial score (nSPS) is 18.6. The maximum atomic E-state index is 12.9. The number of nitrogens with zero attached hydrogens (tertiary/aromatic N) is 6. The standard InChI is InChI=1S/C25H22N6O2/c26-30-28-23-11-7-18(8-12-23)3-1-5-21-15-20(17-32)16-22(25(21)33)6-2-4-19-9-13-24(14-10-19)29-31-27/h1-14,20,32H,15-17H2. The monoisotopic (exact) mass is 438 g/mol. The van der Waals surface area contributed by atoms with Gasteiger partial charge in [0.05, 0.1) is 0 Å². The number of benzene rings is 2. The zero-order valence-corrected chi connectivity index (χ0v) is 17.8. The fourth-order valence-electron chi connectivity index (χ4n) is 3.46. The number of aliphatic hydroxyl groups is 1. The summed E-state index contributed by atoms with van der Waals surface area (Å²) in [6, 6.07) is 14.2. The minimum atomic E-state index is -0.0218. The Hall–Kier alpha value is -4.35. The predicted molar refractivity (Wildman–Crippen MR) is 130 cm³/mol. The molecule has 0 spiro atoms. The lowest BCUT2D eigenvalue weighted by Gasteiger charge is -2.23. The minimum absolute atomic E-state index is 0.00625. The number of ketones is 1. The number of hydrogen-bond acceptors (Lipinski definition) is 4. The van der Waals surface area contributed by atoms with Crippen LogP contribution in [-0.2, 0) is 4.79 Å². The first-order valence-electron chi connectivity index (χ1n) is 10.3. The number of hydrogen-bond donors (Lipinski definition) is 1. The highest BCUT2D eigenvalue weighted by Gasteiger charge is 2.26. The van der Waals surface area contributed by atoms with Crippen molar-refractivity contribution in [3.63, 3.8) is 0 Å². The van der Waals surface area contributed by atoms with Crippen molar-refractivity contribution in [2.75, 3.05) is 6.61 Å². The molecule has 0 saturated heterocycles. The zero-order valence-electron chi connectivity index (χ0n) is 17.8. The second kappa shape index (κ2) is 11.9. The molecule has 0 amide bonds. The van der Waals surface area contributed by atoms with Crippen LogP contribution < -0.4 is 0 Å².